The van der Waals surface area contributed by atoms with Gasteiger partial charge < -0.3 is 15.8 Å². The lowest BCUT2D eigenvalue weighted by molar-refractivity contribution is 0.0601. The van der Waals surface area contributed by atoms with E-state index in [-0.39, 0.29) is 5.97 Å². The summed E-state index contributed by atoms with van der Waals surface area (Å²) in [5.41, 5.74) is 7.75. The number of nitrogens with one attached hydrogen (secondary N) is 1. The molecule has 4 nitrogen and oxygen atoms in total. The van der Waals surface area contributed by atoms with Gasteiger partial charge in [-0.05, 0) is 52.7 Å². The van der Waals surface area contributed by atoms with Crippen LogP contribution in [0.1, 0.15) is 15.2 Å². The van der Waals surface area contributed by atoms with Crippen LogP contribution in [0.5, 0.6) is 0 Å². The Hall–Kier alpha value is -1.53. The standard InChI is InChI=1S/C14H15BrN2O2S/c1-19-14(18)9-2-4-11(16)12(8-9)17-7-6-10-3-5-13(15)20-10/h2-5,8,17H,6-7,16H2,1H3. The third-order valence-corrected chi connectivity index (χ3v) is 4.47. The second-order valence-electron chi connectivity index (χ2n) is 4.18. The molecular weight excluding hydrogens is 340 g/mol. The van der Waals surface area contributed by atoms with E-state index in [4.69, 9.17) is 10.5 Å². The number of methoxy groups -OCH3 is 1. The van der Waals surface area contributed by atoms with Crippen molar-refractivity contribution in [3.05, 3.63) is 44.6 Å². The van der Waals surface area contributed by atoms with Gasteiger partial charge in [0.2, 0.25) is 0 Å². The Balaban J connectivity index is 1.99. The van der Waals surface area contributed by atoms with Crippen molar-refractivity contribution >= 4 is 44.6 Å². The molecule has 0 spiro atoms. The Morgan fingerprint density at radius 3 is 2.85 bits per heavy atom. The third-order valence-electron chi connectivity index (χ3n) is 2.79. The summed E-state index contributed by atoms with van der Waals surface area (Å²) in [7, 11) is 1.36. The number of nitrogen functional groups attached to an aromatic ring is 1. The zero-order valence-electron chi connectivity index (χ0n) is 11.0. The van der Waals surface area contributed by atoms with Crippen molar-refractivity contribution in [2.75, 3.05) is 24.7 Å². The second-order valence-corrected chi connectivity index (χ2v) is 6.72. The van der Waals surface area contributed by atoms with Crippen LogP contribution in [0.25, 0.3) is 0 Å². The van der Waals surface area contributed by atoms with E-state index >= 15 is 0 Å². The van der Waals surface area contributed by atoms with E-state index in [0.29, 0.717) is 11.3 Å². The van der Waals surface area contributed by atoms with E-state index in [0.717, 1.165) is 22.4 Å². The predicted octanol–water partition coefficient (Wildman–Crippen LogP) is 3.53. The largest absolute Gasteiger partial charge is 0.465 e. The summed E-state index contributed by atoms with van der Waals surface area (Å²) in [6.07, 6.45) is 0.901. The number of rotatable bonds is 5. The van der Waals surface area contributed by atoms with E-state index in [2.05, 4.69) is 27.3 Å². The SMILES string of the molecule is COC(=O)c1ccc(N)c(NCCc2ccc(Br)s2)c1. The number of benzene rings is 1. The average Bonchev–Trinajstić information content (AvgIpc) is 2.85. The molecule has 106 valence electrons. The first-order valence-electron chi connectivity index (χ1n) is 6.06. The number of carbonyl (C=O) groups is 1. The van der Waals surface area contributed by atoms with Crippen molar-refractivity contribution in [2.45, 2.75) is 6.42 Å². The second kappa shape index (κ2) is 6.76. The lowest BCUT2D eigenvalue weighted by Gasteiger charge is -2.10. The van der Waals surface area contributed by atoms with E-state index in [1.165, 1.54) is 12.0 Å². The first kappa shape index (κ1) is 14.9. The van der Waals surface area contributed by atoms with Gasteiger partial charge in [-0.15, -0.1) is 11.3 Å². The molecule has 6 heteroatoms. The molecule has 0 saturated heterocycles. The maximum absolute atomic E-state index is 11.5. The van der Waals surface area contributed by atoms with Crippen molar-refractivity contribution in [2.24, 2.45) is 0 Å². The van der Waals surface area contributed by atoms with Crippen LogP contribution in [0.4, 0.5) is 11.4 Å². The summed E-state index contributed by atoms with van der Waals surface area (Å²) >= 11 is 5.15. The number of carbonyl (C=O) groups excluding carboxylic acids is 1. The highest BCUT2D eigenvalue weighted by molar-refractivity contribution is 9.11. The van der Waals surface area contributed by atoms with E-state index < -0.39 is 0 Å². The minimum Gasteiger partial charge on any atom is -0.465 e. The van der Waals surface area contributed by atoms with Crippen LogP contribution in [0.3, 0.4) is 0 Å². The Bertz CT molecular complexity index is 613. The summed E-state index contributed by atoms with van der Waals surface area (Å²) in [4.78, 5) is 12.8. The zero-order valence-corrected chi connectivity index (χ0v) is 13.4. The highest BCUT2D eigenvalue weighted by Gasteiger charge is 2.08. The van der Waals surface area contributed by atoms with Crippen LogP contribution in [0.15, 0.2) is 34.1 Å². The molecule has 0 fully saturated rings. The van der Waals surface area contributed by atoms with E-state index in [1.54, 1.807) is 29.5 Å². The zero-order chi connectivity index (χ0) is 14.5. The fourth-order valence-electron chi connectivity index (χ4n) is 1.76. The molecule has 0 aliphatic rings. The van der Waals surface area contributed by atoms with Gasteiger partial charge in [-0.3, -0.25) is 0 Å². The smallest absolute Gasteiger partial charge is 0.337 e. The van der Waals surface area contributed by atoms with Crippen molar-refractivity contribution in [1.82, 2.24) is 0 Å². The maximum atomic E-state index is 11.5. The molecule has 0 aliphatic carbocycles. The Morgan fingerprint density at radius 1 is 1.40 bits per heavy atom. The molecule has 3 N–H and O–H groups in total. The van der Waals surface area contributed by atoms with E-state index in [1.807, 2.05) is 6.07 Å². The molecular formula is C14H15BrN2O2S. The highest BCUT2D eigenvalue weighted by Crippen LogP contribution is 2.23. The first-order chi connectivity index (χ1) is 9.60. The van der Waals surface area contributed by atoms with Crippen molar-refractivity contribution in [3.8, 4) is 0 Å². The van der Waals surface area contributed by atoms with Gasteiger partial charge in [-0.25, -0.2) is 4.79 Å². The molecule has 20 heavy (non-hydrogen) atoms. The summed E-state index contributed by atoms with van der Waals surface area (Å²) in [5, 5.41) is 3.25. The van der Waals surface area contributed by atoms with Crippen LogP contribution in [-0.2, 0) is 11.2 Å². The number of nitrogens with two attached hydrogens (primary N) is 1. The minimum atomic E-state index is -0.366. The molecule has 0 atom stereocenters. The topological polar surface area (TPSA) is 64.3 Å². The molecule has 0 bridgehead atoms. The molecule has 0 unspecified atom stereocenters. The summed E-state index contributed by atoms with van der Waals surface area (Å²) in [5.74, 6) is -0.366. The number of ether oxygens (including phenoxy) is 1. The molecule has 0 saturated carbocycles. The van der Waals surface area contributed by atoms with Gasteiger partial charge in [-0.1, -0.05) is 0 Å². The number of anilines is 2. The van der Waals surface area contributed by atoms with E-state index in [9.17, 15) is 4.79 Å². The Kier molecular flexibility index (Phi) is 5.03. The van der Waals surface area contributed by atoms with Gasteiger partial charge in [0.25, 0.3) is 0 Å². The van der Waals surface area contributed by atoms with Gasteiger partial charge in [0, 0.05) is 11.4 Å². The number of esters is 1. The summed E-state index contributed by atoms with van der Waals surface area (Å²) in [6, 6.07) is 9.20. The normalized spacial score (nSPS) is 10.3. The molecule has 2 aromatic rings. The number of hydrogen-bond donors (Lipinski definition) is 2. The summed E-state index contributed by atoms with van der Waals surface area (Å²) < 4.78 is 5.82. The van der Waals surface area contributed by atoms with Crippen molar-refractivity contribution in [1.29, 1.82) is 0 Å². The fraction of sp³-hybridized carbons (Fsp3) is 0.214. The van der Waals surface area contributed by atoms with Crippen LogP contribution < -0.4 is 11.1 Å². The quantitative estimate of drug-likeness (QED) is 0.636. The lowest BCUT2D eigenvalue weighted by atomic mass is 10.1. The molecule has 0 radical (unpaired) electrons. The van der Waals surface area contributed by atoms with Crippen LogP contribution >= 0.6 is 27.3 Å². The molecule has 1 heterocycles. The van der Waals surface area contributed by atoms with Gasteiger partial charge in [0.05, 0.1) is 27.8 Å². The molecule has 0 amide bonds. The van der Waals surface area contributed by atoms with Crippen LogP contribution in [0.2, 0.25) is 0 Å². The fourth-order valence-corrected chi connectivity index (χ4v) is 3.24. The van der Waals surface area contributed by atoms with Gasteiger partial charge >= 0.3 is 5.97 Å². The number of thiophene rings is 1. The van der Waals surface area contributed by atoms with Crippen molar-refractivity contribution in [3.63, 3.8) is 0 Å². The number of hydrogen-bond acceptors (Lipinski definition) is 5. The van der Waals surface area contributed by atoms with Gasteiger partial charge in [0.15, 0.2) is 0 Å². The third kappa shape index (κ3) is 3.74. The minimum absolute atomic E-state index is 0.366. The van der Waals surface area contributed by atoms with Crippen molar-refractivity contribution < 1.29 is 9.53 Å². The molecule has 1 aromatic carbocycles. The maximum Gasteiger partial charge on any atom is 0.337 e. The Labute approximate surface area is 130 Å². The Morgan fingerprint density at radius 2 is 2.20 bits per heavy atom. The lowest BCUT2D eigenvalue weighted by Crippen LogP contribution is -2.08. The van der Waals surface area contributed by atoms with Crippen LogP contribution in [-0.4, -0.2) is 19.6 Å². The monoisotopic (exact) mass is 354 g/mol. The molecule has 2 rings (SSSR count). The first-order valence-corrected chi connectivity index (χ1v) is 7.67. The van der Waals surface area contributed by atoms with Gasteiger partial charge in [0.1, 0.15) is 0 Å². The average molecular weight is 355 g/mol. The molecule has 1 aromatic heterocycles. The predicted molar refractivity (Wildman–Crippen MR) is 86.4 cm³/mol. The number of halogens is 1. The van der Waals surface area contributed by atoms with Gasteiger partial charge in [-0.2, -0.15) is 0 Å². The summed E-state index contributed by atoms with van der Waals surface area (Å²) in [6.45, 7) is 0.752. The highest BCUT2D eigenvalue weighted by atomic mass is 79.9. The van der Waals surface area contributed by atoms with Crippen LogP contribution in [0, 0.1) is 0 Å². The molecule has 0 aliphatic heterocycles.